The Morgan fingerprint density at radius 3 is 1.82 bits per heavy atom. The molecule has 0 aliphatic rings. The summed E-state index contributed by atoms with van der Waals surface area (Å²) in [7, 11) is 0. The van der Waals surface area contributed by atoms with E-state index in [2.05, 4.69) is 0 Å². The van der Waals surface area contributed by atoms with Gasteiger partial charge in [0.15, 0.2) is 0 Å². The molecule has 0 radical (unpaired) electrons. The lowest BCUT2D eigenvalue weighted by atomic mass is 9.84. The van der Waals surface area contributed by atoms with Crippen LogP contribution in [0.2, 0.25) is 0 Å². The first-order valence-electron chi connectivity index (χ1n) is 28.0. The molecule has 0 aliphatic heterocycles. The van der Waals surface area contributed by atoms with Gasteiger partial charge in [0.2, 0.25) is 0 Å². The molecule has 0 atom stereocenters. The highest BCUT2D eigenvalue weighted by atomic mass is 16.3. The number of fused-ring (bicyclic) bond motifs is 8. The fourth-order valence-corrected chi connectivity index (χ4v) is 7.90. The van der Waals surface area contributed by atoms with Crippen molar-refractivity contribution in [3.8, 4) is 44.5 Å². The van der Waals surface area contributed by atoms with Gasteiger partial charge in [0.25, 0.3) is 0 Å². The van der Waals surface area contributed by atoms with Gasteiger partial charge in [-0.15, -0.1) is 0 Å². The number of hydrogen-bond acceptors (Lipinski definition) is 1. The normalized spacial score (nSPS) is 16.8. The standard InChI is InChI=1S/C56H34O/c1-2-14-37-32-39(27-26-35(37)12-1)45-23-11-25-51-52-34-40(29-31-53(52)57-56(45)51)43-22-10-16-38-33-41(28-30-44(38)43)54-47-18-5-7-20-49(47)55(50-21-8-6-19-48(50)54)46-24-9-15-36-13-3-4-17-42(36)46/h1-34H/i5D,6D,7D,8D,10D,11D,16D,18D,19D,20D,21D,22D,23D,25D,28D,29D,30D,31D,33D,34D. The van der Waals surface area contributed by atoms with E-state index in [1.807, 2.05) is 24.3 Å². The molecule has 12 rings (SSSR count). The van der Waals surface area contributed by atoms with E-state index in [9.17, 15) is 17.8 Å². The van der Waals surface area contributed by atoms with Gasteiger partial charge in [-0.05, 0) is 117 Å². The zero-order chi connectivity index (χ0) is 54.9. The number of para-hydroxylation sites is 1. The highest BCUT2D eigenvalue weighted by Crippen LogP contribution is 2.46. The average molecular weight is 743 g/mol. The smallest absolute Gasteiger partial charge is 0.143 e. The van der Waals surface area contributed by atoms with Gasteiger partial charge in [0.05, 0.1) is 27.4 Å². The maximum Gasteiger partial charge on any atom is 0.143 e. The van der Waals surface area contributed by atoms with Gasteiger partial charge in [0.1, 0.15) is 11.2 Å². The van der Waals surface area contributed by atoms with Crippen LogP contribution in [0.3, 0.4) is 0 Å². The molecular formula is C56H34O. The fourth-order valence-electron chi connectivity index (χ4n) is 7.90. The van der Waals surface area contributed by atoms with Crippen molar-refractivity contribution in [1.29, 1.82) is 0 Å². The molecule has 11 aromatic carbocycles. The van der Waals surface area contributed by atoms with Crippen LogP contribution in [-0.2, 0) is 0 Å². The summed E-state index contributed by atoms with van der Waals surface area (Å²) in [6.45, 7) is 0. The van der Waals surface area contributed by atoms with Gasteiger partial charge in [-0.1, -0.05) is 182 Å². The van der Waals surface area contributed by atoms with Crippen LogP contribution in [0, 0.1) is 0 Å². The van der Waals surface area contributed by atoms with Crippen molar-refractivity contribution in [3.63, 3.8) is 0 Å². The predicted octanol–water partition coefficient (Wildman–Crippen LogP) is 16.0. The summed E-state index contributed by atoms with van der Waals surface area (Å²) < 4.78 is 193. The Labute approximate surface area is 357 Å². The van der Waals surface area contributed by atoms with Crippen LogP contribution in [0.25, 0.3) is 120 Å². The Balaban J connectivity index is 1.24. The highest BCUT2D eigenvalue weighted by Gasteiger charge is 2.19. The zero-order valence-electron chi connectivity index (χ0n) is 49.5. The van der Waals surface area contributed by atoms with Crippen molar-refractivity contribution in [3.05, 3.63) is 206 Å². The number of furan rings is 1. The van der Waals surface area contributed by atoms with Crippen LogP contribution >= 0.6 is 0 Å². The van der Waals surface area contributed by atoms with Crippen LogP contribution in [0.4, 0.5) is 0 Å². The first kappa shape index (κ1) is 18.0. The summed E-state index contributed by atoms with van der Waals surface area (Å²) in [5, 5.41) is -0.00500. The Kier molecular flexibility index (Phi) is 3.95. The first-order valence-corrected chi connectivity index (χ1v) is 18.0. The van der Waals surface area contributed by atoms with Gasteiger partial charge in [0, 0.05) is 16.3 Å². The van der Waals surface area contributed by atoms with Crippen LogP contribution in [-0.4, -0.2) is 0 Å². The molecule has 264 valence electrons. The molecule has 0 spiro atoms. The fraction of sp³-hybridized carbons (Fsp3) is 0. The van der Waals surface area contributed by atoms with Crippen molar-refractivity contribution in [2.75, 3.05) is 0 Å². The van der Waals surface area contributed by atoms with Crippen LogP contribution in [0.1, 0.15) is 27.4 Å². The maximum atomic E-state index is 10.0. The topological polar surface area (TPSA) is 13.1 Å². The Hall–Kier alpha value is -7.48. The molecule has 0 N–H and O–H groups in total. The third-order valence-electron chi connectivity index (χ3n) is 10.5. The van der Waals surface area contributed by atoms with Crippen molar-refractivity contribution in [2.24, 2.45) is 0 Å². The number of hydrogen-bond donors (Lipinski definition) is 0. The largest absolute Gasteiger partial charge is 0.455 e. The second kappa shape index (κ2) is 12.5. The van der Waals surface area contributed by atoms with Crippen LogP contribution in [0.5, 0.6) is 0 Å². The highest BCUT2D eigenvalue weighted by molar-refractivity contribution is 6.24. The molecule has 0 fully saturated rings. The van der Waals surface area contributed by atoms with E-state index >= 15 is 0 Å². The minimum absolute atomic E-state index is 0.00808. The second-order valence-corrected chi connectivity index (χ2v) is 13.6. The zero-order valence-corrected chi connectivity index (χ0v) is 29.5. The summed E-state index contributed by atoms with van der Waals surface area (Å²) in [4.78, 5) is 0. The van der Waals surface area contributed by atoms with Crippen molar-refractivity contribution < 1.29 is 31.8 Å². The molecule has 0 saturated carbocycles. The molecule has 0 aliphatic carbocycles. The molecule has 1 aromatic heterocycles. The summed E-state index contributed by atoms with van der Waals surface area (Å²) in [5.41, 5.74) is -2.01. The maximum absolute atomic E-state index is 10.0. The van der Waals surface area contributed by atoms with Crippen molar-refractivity contribution >= 4 is 75.8 Å². The molecule has 0 unspecified atom stereocenters. The van der Waals surface area contributed by atoms with E-state index in [1.165, 1.54) is 0 Å². The lowest BCUT2D eigenvalue weighted by molar-refractivity contribution is 0.670. The molecule has 0 amide bonds. The van der Waals surface area contributed by atoms with Crippen molar-refractivity contribution in [1.82, 2.24) is 0 Å². The van der Waals surface area contributed by atoms with Gasteiger partial charge in [-0.2, -0.15) is 0 Å². The lowest BCUT2D eigenvalue weighted by Gasteiger charge is -2.19. The summed E-state index contributed by atoms with van der Waals surface area (Å²) in [5.74, 6) is 0. The van der Waals surface area contributed by atoms with Crippen LogP contribution in [0.15, 0.2) is 210 Å². The van der Waals surface area contributed by atoms with E-state index in [0.29, 0.717) is 21.9 Å². The van der Waals surface area contributed by atoms with E-state index in [1.54, 1.807) is 60.7 Å². The first-order chi connectivity index (χ1) is 36.6. The van der Waals surface area contributed by atoms with E-state index in [4.69, 9.17) is 14.0 Å². The third-order valence-corrected chi connectivity index (χ3v) is 10.5. The Bertz CT molecular complexity index is 4670. The van der Waals surface area contributed by atoms with Crippen LogP contribution < -0.4 is 0 Å². The predicted molar refractivity (Wildman–Crippen MR) is 243 cm³/mol. The molecule has 1 heterocycles. The minimum Gasteiger partial charge on any atom is -0.455 e. The molecule has 0 bridgehead atoms. The number of rotatable bonds is 4. The second-order valence-electron chi connectivity index (χ2n) is 13.6. The average Bonchev–Trinajstić information content (AvgIpc) is 4.06. The SMILES string of the molecule is [2H]c1c(-c2c([2H])c([2H])c([2H])c3c([2H])c(-c4c5c([2H])c([2H])c([2H])c([2H])c5c(-c5cccc6ccccc56)c5c([2H])c([2H])c([2H])c([2H])c45)c([2H])c([2H])c23)c([2H])c2c(oc3c(-c4ccc5ccccc5c4)c([2H])c([2H])c([2H])c32)c1[2H]. The van der Waals surface area contributed by atoms with Gasteiger partial charge in [-0.3, -0.25) is 0 Å². The molecule has 1 heteroatoms. The van der Waals surface area contributed by atoms with E-state index in [0.717, 1.165) is 10.8 Å². The molecule has 57 heavy (non-hydrogen) atoms. The third kappa shape index (κ3) is 4.96. The van der Waals surface area contributed by atoms with Crippen molar-refractivity contribution in [2.45, 2.75) is 0 Å². The molecule has 12 aromatic rings. The molecular weight excluding hydrogens is 689 g/mol. The van der Waals surface area contributed by atoms with E-state index in [-0.39, 0.29) is 60.7 Å². The summed E-state index contributed by atoms with van der Waals surface area (Å²) in [6.07, 6.45) is 0. The minimum atomic E-state index is -0.894. The molecule has 0 saturated heterocycles. The summed E-state index contributed by atoms with van der Waals surface area (Å²) >= 11 is 0. The lowest BCUT2D eigenvalue weighted by Crippen LogP contribution is -1.92. The van der Waals surface area contributed by atoms with E-state index < -0.39 is 148 Å². The Morgan fingerprint density at radius 2 is 1.00 bits per heavy atom. The monoisotopic (exact) mass is 742 g/mol. The quantitative estimate of drug-likeness (QED) is 0.164. The number of benzene rings is 11. The van der Waals surface area contributed by atoms with Gasteiger partial charge < -0.3 is 4.42 Å². The summed E-state index contributed by atoms with van der Waals surface area (Å²) in [6, 6.07) is 10.4. The van der Waals surface area contributed by atoms with Gasteiger partial charge in [-0.25, -0.2) is 0 Å². The molecule has 1 nitrogen and oxygen atoms in total. The Morgan fingerprint density at radius 1 is 0.333 bits per heavy atom. The van der Waals surface area contributed by atoms with Gasteiger partial charge >= 0.3 is 0 Å².